The van der Waals surface area contributed by atoms with Gasteiger partial charge in [0, 0.05) is 6.42 Å². The highest BCUT2D eigenvalue weighted by Gasteiger charge is 2.48. The van der Waals surface area contributed by atoms with Crippen molar-refractivity contribution in [2.75, 3.05) is 6.61 Å². The van der Waals surface area contributed by atoms with Crippen LogP contribution in [0.4, 0.5) is 0 Å². The van der Waals surface area contributed by atoms with Gasteiger partial charge >= 0.3 is 0 Å². The van der Waals surface area contributed by atoms with Crippen molar-refractivity contribution >= 4 is 0 Å². The van der Waals surface area contributed by atoms with Gasteiger partial charge in [-0.05, 0) is 0 Å². The van der Waals surface area contributed by atoms with Gasteiger partial charge in [0.05, 0.1) is 6.61 Å². The molecule has 1 saturated heterocycles. The van der Waals surface area contributed by atoms with Gasteiger partial charge < -0.3 is 14.9 Å². The van der Waals surface area contributed by atoms with Crippen LogP contribution in [-0.2, 0) is 4.74 Å². The number of rotatable bonds is 4. The summed E-state index contributed by atoms with van der Waals surface area (Å²) >= 11 is 0. The molecule has 0 amide bonds. The molecule has 0 aromatic rings. The zero-order valence-corrected chi connectivity index (χ0v) is 6.94. The average Bonchev–Trinajstić information content (AvgIpc) is 2.01. The first-order chi connectivity index (χ1) is 5.67. The Balaban J connectivity index is 2.74. The minimum Gasteiger partial charge on any atom is -0.386 e. The number of hydrogen-bond donors (Lipinski definition) is 2. The molecule has 1 aliphatic heterocycles. The second-order valence-corrected chi connectivity index (χ2v) is 2.91. The van der Waals surface area contributed by atoms with E-state index in [4.69, 9.17) is 4.74 Å². The van der Waals surface area contributed by atoms with Crippen LogP contribution in [0.15, 0.2) is 25.3 Å². The Kier molecular flexibility index (Phi) is 2.67. The van der Waals surface area contributed by atoms with Crippen LogP contribution in [-0.4, -0.2) is 34.6 Å². The second kappa shape index (κ2) is 3.39. The van der Waals surface area contributed by atoms with Crippen LogP contribution in [0.5, 0.6) is 0 Å². The van der Waals surface area contributed by atoms with E-state index >= 15 is 0 Å². The number of hydrogen-bond acceptors (Lipinski definition) is 3. The van der Waals surface area contributed by atoms with Gasteiger partial charge in [0.2, 0.25) is 0 Å². The molecule has 3 heteroatoms. The predicted octanol–water partition coefficient (Wildman–Crippen LogP) is 0.239. The number of aliphatic hydroxyl groups is 2. The Hall–Kier alpha value is -0.640. The molecule has 2 N–H and O–H groups in total. The predicted molar refractivity (Wildman–Crippen MR) is 45.7 cm³/mol. The van der Waals surface area contributed by atoms with E-state index in [-0.39, 0.29) is 0 Å². The molecule has 1 fully saturated rings. The fraction of sp³-hybridized carbons (Fsp3) is 0.556. The highest BCUT2D eigenvalue weighted by atomic mass is 16.5. The molecule has 1 heterocycles. The van der Waals surface area contributed by atoms with Crippen molar-refractivity contribution < 1.29 is 14.9 Å². The normalized spacial score (nSPS) is 33.2. The number of ether oxygens (including phenoxy) is 1. The second-order valence-electron chi connectivity index (χ2n) is 2.91. The van der Waals surface area contributed by atoms with Crippen LogP contribution in [0.25, 0.3) is 0 Å². The number of aliphatic hydroxyl groups excluding tert-OH is 2. The zero-order valence-electron chi connectivity index (χ0n) is 6.94. The van der Waals surface area contributed by atoms with E-state index < -0.39 is 17.8 Å². The lowest BCUT2D eigenvalue weighted by Crippen LogP contribution is -2.59. The minimum atomic E-state index is -0.885. The van der Waals surface area contributed by atoms with E-state index in [2.05, 4.69) is 13.2 Å². The Morgan fingerprint density at radius 1 is 1.25 bits per heavy atom. The van der Waals surface area contributed by atoms with E-state index in [0.29, 0.717) is 13.0 Å². The van der Waals surface area contributed by atoms with E-state index in [1.165, 1.54) is 12.2 Å². The van der Waals surface area contributed by atoms with Gasteiger partial charge in [0.1, 0.15) is 17.8 Å². The maximum Gasteiger partial charge on any atom is 0.129 e. The van der Waals surface area contributed by atoms with Gasteiger partial charge in [0.25, 0.3) is 0 Å². The largest absolute Gasteiger partial charge is 0.386 e. The van der Waals surface area contributed by atoms with Crippen molar-refractivity contribution in [1.82, 2.24) is 0 Å². The van der Waals surface area contributed by atoms with Crippen molar-refractivity contribution in [1.29, 1.82) is 0 Å². The third kappa shape index (κ3) is 1.20. The molecule has 0 spiro atoms. The summed E-state index contributed by atoms with van der Waals surface area (Å²) in [6.45, 7) is 7.46. The third-order valence-electron chi connectivity index (χ3n) is 2.31. The first-order valence-electron chi connectivity index (χ1n) is 3.92. The molecular weight excluding hydrogens is 156 g/mol. The maximum absolute atomic E-state index is 9.48. The van der Waals surface area contributed by atoms with Crippen LogP contribution >= 0.6 is 0 Å². The summed E-state index contributed by atoms with van der Waals surface area (Å²) in [7, 11) is 0. The summed E-state index contributed by atoms with van der Waals surface area (Å²) in [5.41, 5.74) is -0.885. The van der Waals surface area contributed by atoms with Crippen molar-refractivity contribution in [2.24, 2.45) is 0 Å². The molecule has 0 radical (unpaired) electrons. The van der Waals surface area contributed by atoms with Crippen LogP contribution in [0, 0.1) is 0 Å². The molecule has 3 nitrogen and oxygen atoms in total. The monoisotopic (exact) mass is 170 g/mol. The Bertz CT molecular complexity index is 168. The Morgan fingerprint density at radius 2 is 1.67 bits per heavy atom. The molecule has 2 unspecified atom stereocenters. The Labute approximate surface area is 72.0 Å². The highest BCUT2D eigenvalue weighted by molar-refractivity contribution is 5.10. The summed E-state index contributed by atoms with van der Waals surface area (Å²) < 4.78 is 5.18. The van der Waals surface area contributed by atoms with E-state index in [9.17, 15) is 10.2 Å². The maximum atomic E-state index is 9.48. The molecule has 2 atom stereocenters. The molecule has 12 heavy (non-hydrogen) atoms. The van der Waals surface area contributed by atoms with Gasteiger partial charge in [0.15, 0.2) is 0 Å². The smallest absolute Gasteiger partial charge is 0.129 e. The van der Waals surface area contributed by atoms with E-state index in [0.717, 1.165) is 0 Å². The van der Waals surface area contributed by atoms with Crippen molar-refractivity contribution in [3.8, 4) is 0 Å². The lowest BCUT2D eigenvalue weighted by Gasteiger charge is -2.46. The minimum absolute atomic E-state index is 0.565. The fourth-order valence-corrected chi connectivity index (χ4v) is 1.38. The zero-order chi connectivity index (χ0) is 9.19. The van der Waals surface area contributed by atoms with Crippen molar-refractivity contribution in [3.63, 3.8) is 0 Å². The summed E-state index contributed by atoms with van der Waals surface area (Å²) in [4.78, 5) is 0. The molecule has 0 aliphatic carbocycles. The van der Waals surface area contributed by atoms with Crippen LogP contribution in [0.1, 0.15) is 6.42 Å². The molecular formula is C9H14O3. The van der Waals surface area contributed by atoms with Crippen LogP contribution in [0.3, 0.4) is 0 Å². The lowest BCUT2D eigenvalue weighted by atomic mass is 9.83. The van der Waals surface area contributed by atoms with Gasteiger partial charge in [-0.2, -0.15) is 0 Å². The molecule has 68 valence electrons. The molecule has 1 aliphatic rings. The van der Waals surface area contributed by atoms with Crippen molar-refractivity contribution in [2.45, 2.75) is 24.2 Å². The van der Waals surface area contributed by atoms with Gasteiger partial charge in [-0.25, -0.2) is 0 Å². The molecule has 0 aromatic carbocycles. The molecule has 0 aromatic heterocycles. The fourth-order valence-electron chi connectivity index (χ4n) is 1.38. The summed E-state index contributed by atoms with van der Waals surface area (Å²) in [6.07, 6.45) is 1.70. The lowest BCUT2D eigenvalue weighted by molar-refractivity contribution is -0.229. The van der Waals surface area contributed by atoms with Gasteiger partial charge in [-0.1, -0.05) is 12.2 Å². The SMILES string of the molecule is C=CC(O)C1(C(O)C=C)CCO1. The quantitative estimate of drug-likeness (QED) is 0.594. The van der Waals surface area contributed by atoms with E-state index in [1.807, 2.05) is 0 Å². The summed E-state index contributed by atoms with van der Waals surface area (Å²) in [6, 6.07) is 0. The highest BCUT2D eigenvalue weighted by Crippen LogP contribution is 2.34. The molecule has 0 bridgehead atoms. The standard InChI is InChI=1S/C9H14O3/c1-3-7(10)9(5-6-12-9)8(11)4-2/h3-4,7-8,10-11H,1-2,5-6H2. The summed E-state index contributed by atoms with van der Waals surface area (Å²) in [5, 5.41) is 19.0. The van der Waals surface area contributed by atoms with Crippen LogP contribution < -0.4 is 0 Å². The van der Waals surface area contributed by atoms with Gasteiger partial charge in [-0.15, -0.1) is 13.2 Å². The van der Waals surface area contributed by atoms with Gasteiger partial charge in [-0.3, -0.25) is 0 Å². The first kappa shape index (κ1) is 9.45. The summed E-state index contributed by atoms with van der Waals surface area (Å²) in [5.74, 6) is 0. The van der Waals surface area contributed by atoms with E-state index in [1.54, 1.807) is 0 Å². The third-order valence-corrected chi connectivity index (χ3v) is 2.31. The topological polar surface area (TPSA) is 49.7 Å². The molecule has 0 saturated carbocycles. The van der Waals surface area contributed by atoms with Crippen molar-refractivity contribution in [3.05, 3.63) is 25.3 Å². The Morgan fingerprint density at radius 3 is 1.83 bits per heavy atom. The average molecular weight is 170 g/mol. The van der Waals surface area contributed by atoms with Crippen LogP contribution in [0.2, 0.25) is 0 Å². The first-order valence-corrected chi connectivity index (χ1v) is 3.92. The molecule has 1 rings (SSSR count).